The summed E-state index contributed by atoms with van der Waals surface area (Å²) < 4.78 is 26.8. The van der Waals surface area contributed by atoms with Crippen LogP contribution in [0.3, 0.4) is 0 Å². The van der Waals surface area contributed by atoms with Crippen LogP contribution in [0.1, 0.15) is 13.3 Å². The monoisotopic (exact) mass is 350 g/mol. The number of benzene rings is 1. The Hall–Kier alpha value is -0.500. The van der Waals surface area contributed by atoms with E-state index in [2.05, 4.69) is 15.9 Å². The van der Waals surface area contributed by atoms with Crippen LogP contribution >= 0.6 is 28.1 Å². The highest BCUT2D eigenvalue weighted by Gasteiger charge is 2.22. The zero-order valence-corrected chi connectivity index (χ0v) is 13.2. The summed E-state index contributed by atoms with van der Waals surface area (Å²) in [5.41, 5.74) is 5.40. The molecule has 100 valence electrons. The third-order valence-corrected chi connectivity index (χ3v) is 5.06. The highest BCUT2D eigenvalue weighted by Crippen LogP contribution is 2.20. The molecule has 0 bridgehead atoms. The maximum atomic E-state index is 12.3. The average Bonchev–Trinajstić information content (AvgIpc) is 2.29. The Labute approximate surface area is 121 Å². The molecular weight excluding hydrogens is 336 g/mol. The quantitative estimate of drug-likeness (QED) is 0.798. The van der Waals surface area contributed by atoms with Crippen molar-refractivity contribution in [3.8, 4) is 0 Å². The van der Waals surface area contributed by atoms with Gasteiger partial charge in [-0.05, 0) is 18.2 Å². The van der Waals surface area contributed by atoms with Crippen molar-refractivity contribution in [2.45, 2.75) is 18.2 Å². The Bertz CT molecular complexity index is 532. The van der Waals surface area contributed by atoms with Crippen molar-refractivity contribution in [3.63, 3.8) is 0 Å². The molecule has 4 nitrogen and oxygen atoms in total. The molecule has 0 aliphatic rings. The first-order valence-corrected chi connectivity index (χ1v) is 8.06. The number of thiocarbonyl (C=S) groups is 1. The van der Waals surface area contributed by atoms with E-state index in [0.29, 0.717) is 24.5 Å². The van der Waals surface area contributed by atoms with Gasteiger partial charge in [-0.25, -0.2) is 8.42 Å². The summed E-state index contributed by atoms with van der Waals surface area (Å²) in [6.07, 6.45) is 0.385. The average molecular weight is 351 g/mol. The molecule has 2 N–H and O–H groups in total. The SMILES string of the molecule is CCN(CCC(N)=S)S(=O)(=O)c1cccc(Br)c1. The third-order valence-electron chi connectivity index (χ3n) is 2.39. The van der Waals surface area contributed by atoms with E-state index in [1.165, 1.54) is 4.31 Å². The fourth-order valence-corrected chi connectivity index (χ4v) is 3.60. The first kappa shape index (κ1) is 15.6. The first-order valence-electron chi connectivity index (χ1n) is 5.42. The van der Waals surface area contributed by atoms with Gasteiger partial charge in [0.15, 0.2) is 0 Å². The zero-order valence-electron chi connectivity index (χ0n) is 9.97. The summed E-state index contributed by atoms with van der Waals surface area (Å²) >= 11 is 8.04. The summed E-state index contributed by atoms with van der Waals surface area (Å²) in [5.74, 6) is 0. The van der Waals surface area contributed by atoms with Crippen LogP contribution in [-0.2, 0) is 10.0 Å². The third kappa shape index (κ3) is 4.01. The summed E-state index contributed by atoms with van der Waals surface area (Å²) in [6.45, 7) is 2.48. The molecule has 0 saturated heterocycles. The minimum Gasteiger partial charge on any atom is -0.393 e. The van der Waals surface area contributed by atoms with Gasteiger partial charge in [0.05, 0.1) is 9.88 Å². The highest BCUT2D eigenvalue weighted by atomic mass is 79.9. The van der Waals surface area contributed by atoms with Crippen molar-refractivity contribution in [2.24, 2.45) is 5.73 Å². The van der Waals surface area contributed by atoms with Gasteiger partial charge in [0.25, 0.3) is 0 Å². The van der Waals surface area contributed by atoms with E-state index in [1.807, 2.05) is 0 Å². The lowest BCUT2D eigenvalue weighted by atomic mass is 10.4. The van der Waals surface area contributed by atoms with Crippen molar-refractivity contribution < 1.29 is 8.42 Å². The highest BCUT2D eigenvalue weighted by molar-refractivity contribution is 9.10. The van der Waals surface area contributed by atoms with Gasteiger partial charge >= 0.3 is 0 Å². The molecule has 0 radical (unpaired) electrons. The van der Waals surface area contributed by atoms with Crippen LogP contribution in [0, 0.1) is 0 Å². The largest absolute Gasteiger partial charge is 0.393 e. The van der Waals surface area contributed by atoms with Crippen molar-refractivity contribution in [2.75, 3.05) is 13.1 Å². The molecule has 0 aliphatic carbocycles. The first-order chi connectivity index (χ1) is 8.37. The van der Waals surface area contributed by atoms with E-state index in [4.69, 9.17) is 18.0 Å². The van der Waals surface area contributed by atoms with Crippen molar-refractivity contribution >= 4 is 43.2 Å². The number of nitrogens with zero attached hydrogens (tertiary/aromatic N) is 1. The van der Waals surface area contributed by atoms with Gasteiger partial charge in [0.2, 0.25) is 10.0 Å². The van der Waals surface area contributed by atoms with Crippen LogP contribution in [0.5, 0.6) is 0 Å². The predicted octanol–water partition coefficient (Wildman–Crippen LogP) is 2.14. The molecule has 0 fully saturated rings. The van der Waals surface area contributed by atoms with Crippen molar-refractivity contribution in [1.29, 1.82) is 0 Å². The predicted molar refractivity (Wildman–Crippen MR) is 80.0 cm³/mol. The van der Waals surface area contributed by atoms with E-state index >= 15 is 0 Å². The van der Waals surface area contributed by atoms with E-state index < -0.39 is 10.0 Å². The second kappa shape index (κ2) is 6.60. The summed E-state index contributed by atoms with van der Waals surface area (Å²) in [4.78, 5) is 0.583. The molecule has 0 aromatic heterocycles. The lowest BCUT2D eigenvalue weighted by Gasteiger charge is -2.20. The smallest absolute Gasteiger partial charge is 0.243 e. The second-order valence-corrected chi connectivity index (χ2v) is 7.05. The Morgan fingerprint density at radius 2 is 2.17 bits per heavy atom. The van der Waals surface area contributed by atoms with Crippen LogP contribution in [-0.4, -0.2) is 30.8 Å². The number of halogens is 1. The molecule has 0 atom stereocenters. The Balaban J connectivity index is 2.99. The fraction of sp³-hybridized carbons (Fsp3) is 0.364. The van der Waals surface area contributed by atoms with Gasteiger partial charge in [0.1, 0.15) is 0 Å². The molecule has 0 unspecified atom stereocenters. The van der Waals surface area contributed by atoms with Crippen LogP contribution in [0.15, 0.2) is 33.6 Å². The maximum absolute atomic E-state index is 12.3. The van der Waals surface area contributed by atoms with E-state index in [9.17, 15) is 8.42 Å². The van der Waals surface area contributed by atoms with Crippen LogP contribution in [0.25, 0.3) is 0 Å². The van der Waals surface area contributed by atoms with Gasteiger partial charge < -0.3 is 5.73 Å². The minimum absolute atomic E-state index is 0.265. The lowest BCUT2D eigenvalue weighted by molar-refractivity contribution is 0.437. The molecule has 1 aromatic rings. The Morgan fingerprint density at radius 3 is 2.67 bits per heavy atom. The number of nitrogens with two attached hydrogens (primary N) is 1. The van der Waals surface area contributed by atoms with E-state index in [-0.39, 0.29) is 4.90 Å². The summed E-state index contributed by atoms with van der Waals surface area (Å²) in [5, 5.41) is 0. The molecule has 0 heterocycles. The molecule has 1 rings (SSSR count). The summed E-state index contributed by atoms with van der Waals surface area (Å²) in [6, 6.07) is 6.63. The van der Waals surface area contributed by atoms with Gasteiger partial charge in [-0.1, -0.05) is 41.1 Å². The fourth-order valence-electron chi connectivity index (χ4n) is 1.46. The normalized spacial score (nSPS) is 11.7. The maximum Gasteiger partial charge on any atom is 0.243 e. The lowest BCUT2D eigenvalue weighted by Crippen LogP contribution is -2.33. The number of hydrogen-bond donors (Lipinski definition) is 1. The van der Waals surface area contributed by atoms with Crippen LogP contribution < -0.4 is 5.73 Å². The van der Waals surface area contributed by atoms with Gasteiger partial charge in [-0.3, -0.25) is 0 Å². The molecule has 1 aromatic carbocycles. The van der Waals surface area contributed by atoms with Gasteiger partial charge in [-0.15, -0.1) is 0 Å². The molecule has 0 aliphatic heterocycles. The van der Waals surface area contributed by atoms with E-state index in [0.717, 1.165) is 4.47 Å². The summed E-state index contributed by atoms with van der Waals surface area (Å²) in [7, 11) is -3.48. The van der Waals surface area contributed by atoms with Crippen LogP contribution in [0.4, 0.5) is 0 Å². The van der Waals surface area contributed by atoms with Gasteiger partial charge in [-0.2, -0.15) is 4.31 Å². The topological polar surface area (TPSA) is 63.4 Å². The number of sulfonamides is 1. The molecule has 0 saturated carbocycles. The van der Waals surface area contributed by atoms with Crippen molar-refractivity contribution in [1.82, 2.24) is 4.31 Å². The molecule has 7 heteroatoms. The Morgan fingerprint density at radius 1 is 1.50 bits per heavy atom. The molecule has 18 heavy (non-hydrogen) atoms. The Kier molecular flexibility index (Phi) is 5.71. The van der Waals surface area contributed by atoms with Gasteiger partial charge in [0, 0.05) is 24.0 Å². The number of hydrogen-bond acceptors (Lipinski definition) is 3. The minimum atomic E-state index is -3.48. The zero-order chi connectivity index (χ0) is 13.8. The second-order valence-electron chi connectivity index (χ2n) is 3.67. The van der Waals surface area contributed by atoms with Crippen molar-refractivity contribution in [3.05, 3.63) is 28.7 Å². The molecular formula is C11H15BrN2O2S2. The van der Waals surface area contributed by atoms with Crippen LogP contribution in [0.2, 0.25) is 0 Å². The van der Waals surface area contributed by atoms with E-state index in [1.54, 1.807) is 31.2 Å². The molecule has 0 amide bonds. The standard InChI is InChI=1S/C11H15BrN2O2S2/c1-2-14(7-6-11(13)17)18(15,16)10-5-3-4-9(12)8-10/h3-5,8H,2,6-7H2,1H3,(H2,13,17). The molecule has 0 spiro atoms. The number of rotatable bonds is 6.